The van der Waals surface area contributed by atoms with Crippen molar-refractivity contribution in [3.8, 4) is 0 Å². The van der Waals surface area contributed by atoms with Gasteiger partial charge in [0.05, 0.1) is 22.1 Å². The SMILES string of the molecule is CC.CC.CN1C(=O)c2c(c3c4ccccc4[nH]c3c3c2c2ccccc2n3C)C1(C)C. The van der Waals surface area contributed by atoms with Gasteiger partial charge in [0.2, 0.25) is 0 Å². The predicted molar refractivity (Wildman–Crippen MR) is 138 cm³/mol. The summed E-state index contributed by atoms with van der Waals surface area (Å²) in [6.45, 7) is 12.3. The molecule has 3 aromatic carbocycles. The summed E-state index contributed by atoms with van der Waals surface area (Å²) in [5.74, 6) is 0.105. The topological polar surface area (TPSA) is 41.0 Å². The Hall–Kier alpha value is -3.27. The number of carbonyl (C=O) groups is 1. The predicted octanol–water partition coefficient (Wildman–Crippen LogP) is 7.34. The summed E-state index contributed by atoms with van der Waals surface area (Å²) in [7, 11) is 4.01. The second-order valence-corrected chi connectivity index (χ2v) is 8.39. The molecule has 0 radical (unpaired) electrons. The average Bonchev–Trinajstić information content (AvgIpc) is 3.41. The van der Waals surface area contributed by atoms with E-state index >= 15 is 0 Å². The van der Waals surface area contributed by atoms with E-state index in [1.54, 1.807) is 0 Å². The largest absolute Gasteiger partial charge is 0.353 e. The number of nitrogens with zero attached hydrogens (tertiary/aromatic N) is 2. The molecule has 1 N–H and O–H groups in total. The summed E-state index contributed by atoms with van der Waals surface area (Å²) in [6.07, 6.45) is 0. The van der Waals surface area contributed by atoms with E-state index < -0.39 is 0 Å². The molecule has 6 rings (SSSR count). The zero-order chi connectivity index (χ0) is 23.4. The Morgan fingerprint density at radius 3 is 2.09 bits per heavy atom. The van der Waals surface area contributed by atoms with Crippen LogP contribution in [0.25, 0.3) is 43.6 Å². The monoisotopic (exact) mass is 427 g/mol. The molecule has 0 atom stereocenters. The third-order valence-corrected chi connectivity index (χ3v) is 6.77. The van der Waals surface area contributed by atoms with Crippen molar-refractivity contribution in [3.63, 3.8) is 0 Å². The third-order valence-electron chi connectivity index (χ3n) is 6.77. The molecule has 4 heteroatoms. The maximum atomic E-state index is 13.5. The Labute approximate surface area is 189 Å². The van der Waals surface area contributed by atoms with Crippen LogP contribution in [0.3, 0.4) is 0 Å². The van der Waals surface area contributed by atoms with Crippen LogP contribution in [0.15, 0.2) is 48.5 Å². The minimum Gasteiger partial charge on any atom is -0.353 e. The maximum absolute atomic E-state index is 13.5. The van der Waals surface area contributed by atoms with Gasteiger partial charge in [0, 0.05) is 52.2 Å². The van der Waals surface area contributed by atoms with Crippen molar-refractivity contribution in [2.24, 2.45) is 7.05 Å². The molecule has 166 valence electrons. The van der Waals surface area contributed by atoms with Gasteiger partial charge < -0.3 is 14.5 Å². The number of hydrogen-bond donors (Lipinski definition) is 1. The number of para-hydroxylation sites is 2. The molecular weight excluding hydrogens is 394 g/mol. The van der Waals surface area contributed by atoms with E-state index in [9.17, 15) is 4.79 Å². The molecule has 0 saturated heterocycles. The number of nitrogens with one attached hydrogen (secondary N) is 1. The number of aromatic amines is 1. The Morgan fingerprint density at radius 2 is 1.41 bits per heavy atom. The Kier molecular flexibility index (Phi) is 5.28. The fraction of sp³-hybridized carbons (Fsp3) is 0.321. The summed E-state index contributed by atoms with van der Waals surface area (Å²) >= 11 is 0. The smallest absolute Gasteiger partial charge is 0.255 e. The summed E-state index contributed by atoms with van der Waals surface area (Å²) < 4.78 is 2.22. The fourth-order valence-electron chi connectivity index (χ4n) is 5.18. The van der Waals surface area contributed by atoms with E-state index in [0.29, 0.717) is 0 Å². The molecule has 0 bridgehead atoms. The lowest BCUT2D eigenvalue weighted by Gasteiger charge is -2.29. The van der Waals surface area contributed by atoms with Gasteiger partial charge in [-0.2, -0.15) is 0 Å². The van der Waals surface area contributed by atoms with Crippen LogP contribution >= 0.6 is 0 Å². The minimum atomic E-state index is -0.374. The van der Waals surface area contributed by atoms with Crippen LogP contribution in [-0.4, -0.2) is 27.4 Å². The van der Waals surface area contributed by atoms with Gasteiger partial charge in [0.15, 0.2) is 0 Å². The number of hydrogen-bond acceptors (Lipinski definition) is 1. The molecule has 32 heavy (non-hydrogen) atoms. The number of fused-ring (bicyclic) bond motifs is 10. The summed E-state index contributed by atoms with van der Waals surface area (Å²) in [5, 5.41) is 4.55. The molecule has 2 aromatic heterocycles. The number of carbonyl (C=O) groups excluding carboxylic acids is 1. The second-order valence-electron chi connectivity index (χ2n) is 8.39. The van der Waals surface area contributed by atoms with Gasteiger partial charge in [-0.25, -0.2) is 0 Å². The zero-order valence-corrected chi connectivity index (χ0v) is 20.4. The normalized spacial score (nSPS) is 14.5. The molecule has 0 spiro atoms. The fourth-order valence-corrected chi connectivity index (χ4v) is 5.18. The number of amides is 1. The number of H-pyrrole nitrogens is 1. The first-order chi connectivity index (χ1) is 15.4. The van der Waals surface area contributed by atoms with Gasteiger partial charge in [-0.05, 0) is 26.0 Å². The molecule has 1 aliphatic heterocycles. The van der Waals surface area contributed by atoms with Gasteiger partial charge >= 0.3 is 0 Å². The lowest BCUT2D eigenvalue weighted by molar-refractivity contribution is 0.0693. The molecule has 4 nitrogen and oxygen atoms in total. The van der Waals surface area contributed by atoms with E-state index in [1.165, 1.54) is 10.8 Å². The van der Waals surface area contributed by atoms with Crippen LogP contribution in [0.1, 0.15) is 57.5 Å². The molecule has 0 fully saturated rings. The van der Waals surface area contributed by atoms with Crippen molar-refractivity contribution in [3.05, 3.63) is 59.7 Å². The first kappa shape index (κ1) is 21.9. The van der Waals surface area contributed by atoms with Crippen LogP contribution in [0.2, 0.25) is 0 Å². The van der Waals surface area contributed by atoms with Crippen LogP contribution in [0.4, 0.5) is 0 Å². The van der Waals surface area contributed by atoms with Crippen molar-refractivity contribution in [2.75, 3.05) is 7.05 Å². The van der Waals surface area contributed by atoms with E-state index in [0.717, 1.165) is 44.0 Å². The highest BCUT2D eigenvalue weighted by Crippen LogP contribution is 2.50. The van der Waals surface area contributed by atoms with Gasteiger partial charge in [-0.1, -0.05) is 64.1 Å². The van der Waals surface area contributed by atoms with Crippen LogP contribution in [0, 0.1) is 0 Å². The Bertz CT molecular complexity index is 1480. The van der Waals surface area contributed by atoms with Gasteiger partial charge in [0.1, 0.15) is 0 Å². The van der Waals surface area contributed by atoms with E-state index in [1.807, 2.05) is 39.6 Å². The average molecular weight is 428 g/mol. The molecule has 5 aromatic rings. The van der Waals surface area contributed by atoms with Crippen LogP contribution in [-0.2, 0) is 12.6 Å². The van der Waals surface area contributed by atoms with Gasteiger partial charge in [-0.15, -0.1) is 0 Å². The summed E-state index contributed by atoms with van der Waals surface area (Å²) in [6, 6.07) is 16.8. The number of aromatic nitrogens is 2. The lowest BCUT2D eigenvalue weighted by atomic mass is 9.87. The minimum absolute atomic E-state index is 0.105. The van der Waals surface area contributed by atoms with E-state index in [2.05, 4.69) is 79.0 Å². The Balaban J connectivity index is 0.000000582. The zero-order valence-electron chi connectivity index (χ0n) is 20.4. The molecule has 0 unspecified atom stereocenters. The highest BCUT2D eigenvalue weighted by molar-refractivity contribution is 6.30. The number of aryl methyl sites for hydroxylation is 1. The van der Waals surface area contributed by atoms with Crippen molar-refractivity contribution in [1.82, 2.24) is 14.5 Å². The van der Waals surface area contributed by atoms with Crippen molar-refractivity contribution in [2.45, 2.75) is 47.1 Å². The van der Waals surface area contributed by atoms with E-state index in [4.69, 9.17) is 0 Å². The van der Waals surface area contributed by atoms with Crippen molar-refractivity contribution < 1.29 is 4.79 Å². The standard InChI is InChI=1S/C24H21N3O.2C2H6/c1-24(2)20-18-13-9-5-7-11-15(13)25-21(18)22-17(19(20)23(28)27(24)4)14-10-6-8-12-16(14)26(22)3;2*1-2/h5-12,25H,1-4H3;2*1-2H3. The van der Waals surface area contributed by atoms with Crippen molar-refractivity contribution >= 4 is 49.5 Å². The maximum Gasteiger partial charge on any atom is 0.255 e. The summed E-state index contributed by atoms with van der Waals surface area (Å²) in [5.41, 5.74) is 6.09. The molecule has 1 aliphatic rings. The molecule has 1 amide bonds. The third kappa shape index (κ3) is 2.59. The van der Waals surface area contributed by atoms with Crippen LogP contribution in [0.5, 0.6) is 0 Å². The number of benzene rings is 3. The molecule has 0 saturated carbocycles. The molecular formula is C28H33N3O. The molecule has 0 aliphatic carbocycles. The Morgan fingerprint density at radius 1 is 0.812 bits per heavy atom. The first-order valence-corrected chi connectivity index (χ1v) is 11.6. The highest BCUT2D eigenvalue weighted by Gasteiger charge is 2.45. The van der Waals surface area contributed by atoms with Gasteiger partial charge in [0.25, 0.3) is 5.91 Å². The number of rotatable bonds is 0. The van der Waals surface area contributed by atoms with Gasteiger partial charge in [-0.3, -0.25) is 4.79 Å². The van der Waals surface area contributed by atoms with Crippen molar-refractivity contribution in [1.29, 1.82) is 0 Å². The highest BCUT2D eigenvalue weighted by atomic mass is 16.2. The van der Waals surface area contributed by atoms with Crippen LogP contribution < -0.4 is 0 Å². The first-order valence-electron chi connectivity index (χ1n) is 11.6. The van der Waals surface area contributed by atoms with E-state index in [-0.39, 0.29) is 11.4 Å². The summed E-state index contributed by atoms with van der Waals surface area (Å²) in [4.78, 5) is 19.0. The lowest BCUT2D eigenvalue weighted by Crippen LogP contribution is -2.35. The quantitative estimate of drug-likeness (QED) is 0.276. The second kappa shape index (κ2) is 7.70. The molecule has 3 heterocycles.